The van der Waals surface area contributed by atoms with Gasteiger partial charge in [0.15, 0.2) is 0 Å². The Balaban J connectivity index is 0. The first kappa shape index (κ1) is 19.3. The van der Waals surface area contributed by atoms with Crippen molar-refractivity contribution in [2.45, 2.75) is 40.0 Å². The first-order chi connectivity index (χ1) is 6.48. The van der Waals surface area contributed by atoms with Gasteiger partial charge in [0.05, 0.1) is 18.9 Å². The fourth-order valence-corrected chi connectivity index (χ4v) is 2.53. The topological polar surface area (TPSA) is 18.5 Å². The zero-order valence-corrected chi connectivity index (χ0v) is 14.7. The quantitative estimate of drug-likeness (QED) is 0.281. The molecular weight excluding hydrogens is 258 g/mol. The van der Waals surface area contributed by atoms with Gasteiger partial charge in [0.2, 0.25) is 0 Å². The van der Waals surface area contributed by atoms with Crippen LogP contribution < -0.4 is 29.6 Å². The molecule has 6 heteroatoms. The second-order valence-corrected chi connectivity index (χ2v) is 8.67. The van der Waals surface area contributed by atoms with Gasteiger partial charge in [-0.3, -0.25) is 0 Å². The van der Waals surface area contributed by atoms with Crippen molar-refractivity contribution in [1.82, 2.24) is 0 Å². The van der Waals surface area contributed by atoms with Crippen LogP contribution in [0.1, 0.15) is 40.0 Å². The number of hydrogen-bond acceptors (Lipinski definition) is 4. The molecule has 0 aromatic rings. The zero-order chi connectivity index (χ0) is 11.0. The van der Waals surface area contributed by atoms with Crippen molar-refractivity contribution in [3.63, 3.8) is 0 Å². The van der Waals surface area contributed by atoms with Crippen LogP contribution in [-0.2, 0) is 33.1 Å². The Labute approximate surface area is 126 Å². The van der Waals surface area contributed by atoms with Crippen LogP contribution in [0.25, 0.3) is 0 Å². The van der Waals surface area contributed by atoms with Crippen molar-refractivity contribution in [3.8, 4) is 0 Å². The molecule has 15 heavy (non-hydrogen) atoms. The van der Waals surface area contributed by atoms with E-state index in [0.717, 1.165) is 12.8 Å². The third kappa shape index (κ3) is 13.9. The summed E-state index contributed by atoms with van der Waals surface area (Å²) in [4.78, 5) is 0. The normalized spacial score (nSPS) is 14.7. The fourth-order valence-electron chi connectivity index (χ4n) is 0.806. The van der Waals surface area contributed by atoms with E-state index in [4.69, 9.17) is 33.1 Å². The molecule has 0 aromatic carbocycles. The molecule has 0 radical (unpaired) electrons. The van der Waals surface area contributed by atoms with Crippen LogP contribution in [0.5, 0.6) is 0 Å². The maximum atomic E-state index is 5.40. The standard InChI is InChI=1S/C9H21O2PS2.Na/c1-4-5-6-7-10-12(13,14)11-8-9(2)3;/h9H,4-8H2,1-3H3,(H,13,14);/q;+1/p-1. The van der Waals surface area contributed by atoms with Crippen LogP contribution in [0.2, 0.25) is 0 Å². The average Bonchev–Trinajstić information content (AvgIpc) is 2.10. The molecule has 0 rings (SSSR count). The molecule has 1 atom stereocenters. The number of hydrogen-bond donors (Lipinski definition) is 0. The van der Waals surface area contributed by atoms with Gasteiger partial charge in [-0.25, -0.2) is 0 Å². The van der Waals surface area contributed by atoms with Gasteiger partial charge in [0.1, 0.15) is 0 Å². The second-order valence-electron chi connectivity index (χ2n) is 3.68. The Morgan fingerprint density at radius 3 is 2.33 bits per heavy atom. The van der Waals surface area contributed by atoms with Crippen molar-refractivity contribution in [1.29, 1.82) is 0 Å². The van der Waals surface area contributed by atoms with E-state index in [1.165, 1.54) is 6.42 Å². The largest absolute Gasteiger partial charge is 1.00 e. The van der Waals surface area contributed by atoms with E-state index in [2.05, 4.69) is 20.8 Å². The third-order valence-corrected chi connectivity index (χ3v) is 3.79. The van der Waals surface area contributed by atoms with Crippen LogP contribution >= 0.6 is 5.69 Å². The van der Waals surface area contributed by atoms with E-state index in [0.29, 0.717) is 19.1 Å². The molecular formula is C9H20NaO2PS2. The summed E-state index contributed by atoms with van der Waals surface area (Å²) in [6, 6.07) is 0. The molecule has 0 amide bonds. The summed E-state index contributed by atoms with van der Waals surface area (Å²) >= 11 is 10.2. The van der Waals surface area contributed by atoms with E-state index in [-0.39, 0.29) is 29.6 Å². The van der Waals surface area contributed by atoms with Gasteiger partial charge >= 0.3 is 29.6 Å². The van der Waals surface area contributed by atoms with E-state index in [1.807, 2.05) is 0 Å². The molecule has 86 valence electrons. The van der Waals surface area contributed by atoms with Crippen LogP contribution in [0.15, 0.2) is 0 Å². The minimum absolute atomic E-state index is 0. The smallest absolute Gasteiger partial charge is 0.691 e. The summed E-state index contributed by atoms with van der Waals surface area (Å²) < 4.78 is 10.8. The number of unbranched alkanes of at least 4 members (excludes halogenated alkanes) is 2. The Kier molecular flexibility index (Phi) is 14.2. The van der Waals surface area contributed by atoms with Crippen molar-refractivity contribution < 1.29 is 38.6 Å². The molecule has 0 saturated carbocycles. The van der Waals surface area contributed by atoms with Gasteiger partial charge in [-0.1, -0.05) is 45.4 Å². The Morgan fingerprint density at radius 2 is 1.87 bits per heavy atom. The second kappa shape index (κ2) is 11.0. The zero-order valence-electron chi connectivity index (χ0n) is 10.2. The molecule has 0 aliphatic rings. The third-order valence-electron chi connectivity index (χ3n) is 1.56. The molecule has 1 unspecified atom stereocenters. The molecule has 0 saturated heterocycles. The predicted molar refractivity (Wildman–Crippen MR) is 67.9 cm³/mol. The summed E-state index contributed by atoms with van der Waals surface area (Å²) in [5.74, 6) is 0.458. The fraction of sp³-hybridized carbons (Fsp3) is 1.00. The van der Waals surface area contributed by atoms with Crippen LogP contribution in [0.3, 0.4) is 0 Å². The average molecular weight is 278 g/mol. The molecule has 0 aromatic heterocycles. The van der Waals surface area contributed by atoms with Gasteiger partial charge in [0, 0.05) is 0 Å². The van der Waals surface area contributed by atoms with E-state index in [1.54, 1.807) is 0 Å². The van der Waals surface area contributed by atoms with E-state index in [9.17, 15) is 0 Å². The molecule has 0 bridgehead atoms. The first-order valence-electron chi connectivity index (χ1n) is 5.08. The van der Waals surface area contributed by atoms with Gasteiger partial charge in [-0.05, 0) is 12.3 Å². The van der Waals surface area contributed by atoms with Gasteiger partial charge in [0.25, 0.3) is 0 Å². The molecule has 0 fully saturated rings. The molecule has 0 aliphatic heterocycles. The number of rotatable bonds is 8. The van der Waals surface area contributed by atoms with Gasteiger partial charge in [-0.15, -0.1) is 0 Å². The van der Waals surface area contributed by atoms with Crippen LogP contribution in [0.4, 0.5) is 0 Å². The van der Waals surface area contributed by atoms with Crippen LogP contribution in [0, 0.1) is 5.92 Å². The molecule has 0 heterocycles. The van der Waals surface area contributed by atoms with E-state index >= 15 is 0 Å². The predicted octanol–water partition coefficient (Wildman–Crippen LogP) is 0.641. The molecule has 0 aliphatic carbocycles. The Bertz CT molecular complexity index is 191. The summed E-state index contributed by atoms with van der Waals surface area (Å²) in [7, 11) is 0. The Morgan fingerprint density at radius 1 is 1.27 bits per heavy atom. The van der Waals surface area contributed by atoms with Gasteiger partial charge in [-0.2, -0.15) is 0 Å². The summed E-state index contributed by atoms with van der Waals surface area (Å²) in [5, 5.41) is 0. The monoisotopic (exact) mass is 278 g/mol. The summed E-state index contributed by atoms with van der Waals surface area (Å²) in [6.45, 7) is 7.55. The maximum absolute atomic E-state index is 5.40. The van der Waals surface area contributed by atoms with Crippen LogP contribution in [-0.4, -0.2) is 13.2 Å². The summed E-state index contributed by atoms with van der Waals surface area (Å²) in [5.41, 5.74) is -2.37. The molecule has 2 nitrogen and oxygen atoms in total. The minimum Gasteiger partial charge on any atom is -0.691 e. The summed E-state index contributed by atoms with van der Waals surface area (Å²) in [6.07, 6.45) is 3.36. The minimum atomic E-state index is -2.37. The van der Waals surface area contributed by atoms with Crippen molar-refractivity contribution in [3.05, 3.63) is 0 Å². The SMILES string of the molecule is CCCCCOP(=S)([S-])OCC(C)C.[Na+]. The van der Waals surface area contributed by atoms with Crippen molar-refractivity contribution >= 4 is 29.7 Å². The molecule has 0 N–H and O–H groups in total. The molecule has 0 spiro atoms. The van der Waals surface area contributed by atoms with Gasteiger partial charge < -0.3 is 21.3 Å². The maximum Gasteiger partial charge on any atom is 1.00 e. The Hall–Kier alpha value is 1.92. The first-order valence-corrected chi connectivity index (χ1v) is 8.73. The van der Waals surface area contributed by atoms with E-state index < -0.39 is 5.69 Å². The van der Waals surface area contributed by atoms with Crippen molar-refractivity contribution in [2.75, 3.05) is 13.2 Å². The van der Waals surface area contributed by atoms with Crippen molar-refractivity contribution in [2.24, 2.45) is 5.92 Å².